The molecule has 3 N–H and O–H groups in total. The van der Waals surface area contributed by atoms with Gasteiger partial charge in [0.2, 0.25) is 0 Å². The molecule has 0 unspecified atom stereocenters. The molecule has 1 aliphatic heterocycles. The number of amides is 1. The number of carbonyl (C=O) groups is 3. The van der Waals surface area contributed by atoms with E-state index in [1.165, 1.54) is 0 Å². The van der Waals surface area contributed by atoms with Crippen molar-refractivity contribution in [3.63, 3.8) is 0 Å². The number of allylic oxidation sites excluding steroid dienone is 4. The summed E-state index contributed by atoms with van der Waals surface area (Å²) in [6.07, 6.45) is 2.33. The van der Waals surface area contributed by atoms with E-state index in [2.05, 4.69) is 33.0 Å². The summed E-state index contributed by atoms with van der Waals surface area (Å²) in [5.74, 6) is -0.495. The third-order valence-electron chi connectivity index (χ3n) is 6.32. The topological polar surface area (TPSA) is 98.5 Å². The lowest BCUT2D eigenvalue weighted by molar-refractivity contribution is -0.121. The Bertz CT molecular complexity index is 993. The van der Waals surface area contributed by atoms with Gasteiger partial charge in [0.1, 0.15) is 5.75 Å². The predicted octanol–water partition coefficient (Wildman–Crippen LogP) is 3.52. The lowest BCUT2D eigenvalue weighted by Crippen LogP contribution is -2.42. The zero-order valence-corrected chi connectivity index (χ0v) is 18.6. The highest BCUT2D eigenvalue weighted by molar-refractivity contribution is 6.07. The van der Waals surface area contributed by atoms with Gasteiger partial charge in [0.15, 0.2) is 18.2 Å². The molecule has 0 aromatic heterocycles. The summed E-state index contributed by atoms with van der Waals surface area (Å²) in [6, 6.07) is 7.31. The zero-order valence-electron chi connectivity index (χ0n) is 18.6. The van der Waals surface area contributed by atoms with E-state index in [0.717, 1.165) is 29.8 Å². The van der Waals surface area contributed by atoms with Gasteiger partial charge in [0.25, 0.3) is 5.91 Å². The molecule has 31 heavy (non-hydrogen) atoms. The van der Waals surface area contributed by atoms with Gasteiger partial charge in [-0.15, -0.1) is 0 Å². The number of hydrogen-bond acceptors (Lipinski definition) is 5. The SMILES string of the molecule is CC1(C)CC(=O)C2=C(C1)NC1=C(C(=O)CC(C)(C)C1)C2c1ccccc1OCC(N)=O. The van der Waals surface area contributed by atoms with Gasteiger partial charge in [-0.1, -0.05) is 45.9 Å². The van der Waals surface area contributed by atoms with E-state index >= 15 is 0 Å². The van der Waals surface area contributed by atoms with Crippen LogP contribution in [0.2, 0.25) is 0 Å². The van der Waals surface area contributed by atoms with E-state index in [0.29, 0.717) is 29.7 Å². The van der Waals surface area contributed by atoms with Crippen LogP contribution in [0.25, 0.3) is 0 Å². The fourth-order valence-electron chi connectivity index (χ4n) is 5.20. The summed E-state index contributed by atoms with van der Waals surface area (Å²) in [5, 5.41) is 3.50. The van der Waals surface area contributed by atoms with Crippen LogP contribution in [0, 0.1) is 10.8 Å². The molecule has 0 bridgehead atoms. The van der Waals surface area contributed by atoms with Crippen molar-refractivity contribution in [2.24, 2.45) is 16.6 Å². The molecule has 1 aromatic rings. The molecule has 0 saturated heterocycles. The minimum atomic E-state index is -0.578. The van der Waals surface area contributed by atoms with Crippen molar-refractivity contribution in [3.8, 4) is 5.75 Å². The monoisotopic (exact) mass is 422 g/mol. The summed E-state index contributed by atoms with van der Waals surface area (Å²) in [4.78, 5) is 38.1. The highest BCUT2D eigenvalue weighted by atomic mass is 16.5. The third-order valence-corrected chi connectivity index (χ3v) is 6.32. The van der Waals surface area contributed by atoms with Gasteiger partial charge in [0, 0.05) is 46.9 Å². The fourth-order valence-corrected chi connectivity index (χ4v) is 5.20. The standard InChI is InChI=1S/C25H30N2O4/c1-24(2)9-15-22(17(28)11-24)21(14-7-5-6-8-19(14)31-13-20(26)30)23-16(27-15)10-25(3,4)12-18(23)29/h5-8,21,27H,9-13H2,1-4H3,(H2,26,30). The Kier molecular flexibility index (Phi) is 5.07. The number of dihydropyridines is 1. The molecule has 3 aliphatic rings. The first kappa shape index (κ1) is 21.3. The second kappa shape index (κ2) is 7.36. The lowest BCUT2D eigenvalue weighted by Gasteiger charge is -2.44. The second-order valence-corrected chi connectivity index (χ2v) is 10.5. The van der Waals surface area contributed by atoms with Crippen molar-refractivity contribution in [2.45, 2.75) is 59.3 Å². The van der Waals surface area contributed by atoms with Crippen LogP contribution in [0.3, 0.4) is 0 Å². The third kappa shape index (κ3) is 4.03. The van der Waals surface area contributed by atoms with Crippen molar-refractivity contribution in [2.75, 3.05) is 6.61 Å². The Morgan fingerprint density at radius 2 is 1.48 bits per heavy atom. The van der Waals surface area contributed by atoms with Gasteiger partial charge >= 0.3 is 0 Å². The summed E-state index contributed by atoms with van der Waals surface area (Å²) in [6.45, 7) is 8.11. The number of benzene rings is 1. The molecule has 0 radical (unpaired) electrons. The number of nitrogens with two attached hydrogens (primary N) is 1. The van der Waals surface area contributed by atoms with Gasteiger partial charge in [0.05, 0.1) is 0 Å². The number of ether oxygens (including phenoxy) is 1. The number of primary amides is 1. The maximum absolute atomic E-state index is 13.4. The number of Topliss-reactive ketones (excluding diaryl/α,β-unsaturated/α-hetero) is 2. The van der Waals surface area contributed by atoms with Gasteiger partial charge in [-0.3, -0.25) is 14.4 Å². The van der Waals surface area contributed by atoms with Crippen LogP contribution < -0.4 is 15.8 Å². The summed E-state index contributed by atoms with van der Waals surface area (Å²) in [5.41, 5.74) is 8.82. The molecular weight excluding hydrogens is 392 g/mol. The van der Waals surface area contributed by atoms with Crippen LogP contribution in [0.15, 0.2) is 46.8 Å². The van der Waals surface area contributed by atoms with Crippen LogP contribution >= 0.6 is 0 Å². The molecule has 0 atom stereocenters. The van der Waals surface area contributed by atoms with Crippen LogP contribution in [0.1, 0.15) is 64.9 Å². The van der Waals surface area contributed by atoms with Gasteiger partial charge in [-0.2, -0.15) is 0 Å². The number of rotatable bonds is 4. The first-order chi connectivity index (χ1) is 14.5. The molecule has 4 rings (SSSR count). The molecule has 0 saturated carbocycles. The van der Waals surface area contributed by atoms with E-state index < -0.39 is 11.8 Å². The number of carbonyl (C=O) groups excluding carboxylic acids is 3. The summed E-state index contributed by atoms with van der Waals surface area (Å²) in [7, 11) is 0. The van der Waals surface area contributed by atoms with Crippen LogP contribution in [-0.2, 0) is 14.4 Å². The number of ketones is 2. The van der Waals surface area contributed by atoms with Gasteiger partial charge in [-0.25, -0.2) is 0 Å². The Hall–Kier alpha value is -2.89. The quantitative estimate of drug-likeness (QED) is 0.774. The van der Waals surface area contributed by atoms with E-state index in [9.17, 15) is 14.4 Å². The van der Waals surface area contributed by atoms with Crippen molar-refractivity contribution < 1.29 is 19.1 Å². The minimum Gasteiger partial charge on any atom is -0.483 e. The maximum Gasteiger partial charge on any atom is 0.255 e. The van der Waals surface area contributed by atoms with Gasteiger partial charge in [-0.05, 0) is 29.7 Å². The zero-order chi connectivity index (χ0) is 22.6. The summed E-state index contributed by atoms with van der Waals surface area (Å²) >= 11 is 0. The molecule has 6 nitrogen and oxygen atoms in total. The molecule has 0 fully saturated rings. The van der Waals surface area contributed by atoms with E-state index in [4.69, 9.17) is 10.5 Å². The van der Waals surface area contributed by atoms with Crippen molar-refractivity contribution in [1.82, 2.24) is 5.32 Å². The Morgan fingerprint density at radius 1 is 0.968 bits per heavy atom. The van der Waals surface area contributed by atoms with Gasteiger partial charge < -0.3 is 15.8 Å². The van der Waals surface area contributed by atoms with Crippen LogP contribution in [0.4, 0.5) is 0 Å². The predicted molar refractivity (Wildman–Crippen MR) is 117 cm³/mol. The lowest BCUT2D eigenvalue weighted by atomic mass is 9.64. The Morgan fingerprint density at radius 3 is 2.00 bits per heavy atom. The Labute approximate surface area is 182 Å². The largest absolute Gasteiger partial charge is 0.483 e. The highest BCUT2D eigenvalue weighted by Gasteiger charge is 2.47. The minimum absolute atomic E-state index is 0.0534. The molecule has 0 spiro atoms. The molecular formula is C25H30N2O4. The van der Waals surface area contributed by atoms with Crippen molar-refractivity contribution in [1.29, 1.82) is 0 Å². The van der Waals surface area contributed by atoms with E-state index in [1.807, 2.05) is 18.2 Å². The first-order valence-corrected chi connectivity index (χ1v) is 10.8. The summed E-state index contributed by atoms with van der Waals surface area (Å²) < 4.78 is 5.70. The number of nitrogens with one attached hydrogen (secondary N) is 1. The average Bonchev–Trinajstić information content (AvgIpc) is 2.62. The van der Waals surface area contributed by atoms with Crippen molar-refractivity contribution >= 4 is 17.5 Å². The average molecular weight is 423 g/mol. The first-order valence-electron chi connectivity index (χ1n) is 10.8. The second-order valence-electron chi connectivity index (χ2n) is 10.5. The molecule has 6 heteroatoms. The number of hydrogen-bond donors (Lipinski definition) is 2. The molecule has 1 aromatic carbocycles. The Balaban J connectivity index is 1.90. The molecule has 164 valence electrons. The van der Waals surface area contributed by atoms with E-state index in [1.54, 1.807) is 6.07 Å². The highest BCUT2D eigenvalue weighted by Crippen LogP contribution is 2.52. The van der Waals surface area contributed by atoms with E-state index in [-0.39, 0.29) is 29.0 Å². The number of para-hydroxylation sites is 1. The molecule has 1 amide bonds. The molecule has 2 aliphatic carbocycles. The van der Waals surface area contributed by atoms with Crippen molar-refractivity contribution in [3.05, 3.63) is 52.4 Å². The smallest absolute Gasteiger partial charge is 0.255 e. The fraction of sp³-hybridized carbons (Fsp3) is 0.480. The molecule has 1 heterocycles. The maximum atomic E-state index is 13.4. The van der Waals surface area contributed by atoms with Crippen LogP contribution in [0.5, 0.6) is 5.75 Å². The van der Waals surface area contributed by atoms with Crippen LogP contribution in [-0.4, -0.2) is 24.1 Å². The normalized spacial score (nSPS) is 22.6.